The SMILES string of the molecule is COC(=O)COc1ccc(Br)cc1C=NNC(=O)c1cc2ccccc2cc1OC. The lowest BCUT2D eigenvalue weighted by molar-refractivity contribution is -0.142. The molecule has 0 aliphatic carbocycles. The number of benzene rings is 3. The first-order valence-corrected chi connectivity index (χ1v) is 9.70. The van der Waals surface area contributed by atoms with Crippen LogP contribution in [-0.4, -0.2) is 38.9 Å². The summed E-state index contributed by atoms with van der Waals surface area (Å²) in [6.45, 7) is -0.236. The minimum absolute atomic E-state index is 0.236. The van der Waals surface area contributed by atoms with Crippen LogP contribution in [0.4, 0.5) is 0 Å². The Morgan fingerprint density at radius 3 is 2.47 bits per heavy atom. The van der Waals surface area contributed by atoms with E-state index in [9.17, 15) is 9.59 Å². The fourth-order valence-corrected chi connectivity index (χ4v) is 3.11. The minimum Gasteiger partial charge on any atom is -0.496 e. The van der Waals surface area contributed by atoms with Gasteiger partial charge in [0.05, 0.1) is 26.0 Å². The van der Waals surface area contributed by atoms with Gasteiger partial charge in [0, 0.05) is 10.0 Å². The molecule has 0 aliphatic rings. The van der Waals surface area contributed by atoms with Gasteiger partial charge in [-0.05, 0) is 41.1 Å². The van der Waals surface area contributed by atoms with Crippen LogP contribution in [0.15, 0.2) is 64.2 Å². The summed E-state index contributed by atoms with van der Waals surface area (Å²) in [5, 5.41) is 5.91. The average molecular weight is 471 g/mol. The largest absolute Gasteiger partial charge is 0.496 e. The number of carbonyl (C=O) groups is 2. The van der Waals surface area contributed by atoms with Crippen molar-refractivity contribution in [2.45, 2.75) is 0 Å². The van der Waals surface area contributed by atoms with Crippen molar-refractivity contribution in [3.05, 3.63) is 70.2 Å². The van der Waals surface area contributed by atoms with E-state index in [4.69, 9.17) is 9.47 Å². The van der Waals surface area contributed by atoms with Gasteiger partial charge in [0.15, 0.2) is 6.61 Å². The molecule has 30 heavy (non-hydrogen) atoms. The summed E-state index contributed by atoms with van der Waals surface area (Å²) >= 11 is 3.38. The second-order valence-electron chi connectivity index (χ2n) is 6.15. The summed E-state index contributed by atoms with van der Waals surface area (Å²) in [6, 6.07) is 16.4. The molecule has 8 heteroatoms. The quantitative estimate of drug-likeness (QED) is 0.321. The van der Waals surface area contributed by atoms with Crippen molar-refractivity contribution in [1.82, 2.24) is 5.43 Å². The smallest absolute Gasteiger partial charge is 0.343 e. The van der Waals surface area contributed by atoms with Gasteiger partial charge in [0.25, 0.3) is 5.91 Å². The molecular weight excluding hydrogens is 452 g/mol. The van der Waals surface area contributed by atoms with Crippen LogP contribution >= 0.6 is 15.9 Å². The van der Waals surface area contributed by atoms with E-state index in [2.05, 4.69) is 31.2 Å². The molecule has 0 atom stereocenters. The van der Waals surface area contributed by atoms with Gasteiger partial charge < -0.3 is 14.2 Å². The van der Waals surface area contributed by atoms with Crippen LogP contribution in [0.5, 0.6) is 11.5 Å². The number of hydrogen-bond donors (Lipinski definition) is 1. The van der Waals surface area contributed by atoms with E-state index in [1.807, 2.05) is 24.3 Å². The van der Waals surface area contributed by atoms with Gasteiger partial charge >= 0.3 is 5.97 Å². The highest BCUT2D eigenvalue weighted by Gasteiger charge is 2.13. The van der Waals surface area contributed by atoms with Crippen molar-refractivity contribution in [2.24, 2.45) is 5.10 Å². The van der Waals surface area contributed by atoms with Gasteiger partial charge in [-0.15, -0.1) is 0 Å². The number of rotatable bonds is 7. The number of halogens is 1. The summed E-state index contributed by atoms with van der Waals surface area (Å²) in [6.07, 6.45) is 1.43. The van der Waals surface area contributed by atoms with Crippen LogP contribution in [0.2, 0.25) is 0 Å². The maximum atomic E-state index is 12.7. The molecule has 0 heterocycles. The Morgan fingerprint density at radius 2 is 1.77 bits per heavy atom. The van der Waals surface area contributed by atoms with E-state index < -0.39 is 11.9 Å². The number of nitrogens with one attached hydrogen (secondary N) is 1. The highest BCUT2D eigenvalue weighted by atomic mass is 79.9. The third-order valence-electron chi connectivity index (χ3n) is 4.23. The summed E-state index contributed by atoms with van der Waals surface area (Å²) in [5.74, 6) is -0.0470. The van der Waals surface area contributed by atoms with Crippen LogP contribution in [0.1, 0.15) is 15.9 Å². The predicted octanol–water partition coefficient (Wildman–Crippen LogP) is 3.93. The molecule has 0 saturated heterocycles. The number of hydrogen-bond acceptors (Lipinski definition) is 6. The minimum atomic E-state index is -0.502. The fourth-order valence-electron chi connectivity index (χ4n) is 2.73. The zero-order valence-electron chi connectivity index (χ0n) is 16.3. The van der Waals surface area contributed by atoms with Crippen molar-refractivity contribution < 1.29 is 23.8 Å². The third-order valence-corrected chi connectivity index (χ3v) is 4.72. The summed E-state index contributed by atoms with van der Waals surface area (Å²) in [4.78, 5) is 24.0. The molecule has 0 aromatic heterocycles. The van der Waals surface area contributed by atoms with Gasteiger partial charge in [-0.3, -0.25) is 4.79 Å². The van der Waals surface area contributed by atoms with Crippen LogP contribution < -0.4 is 14.9 Å². The number of amides is 1. The molecule has 0 unspecified atom stereocenters. The van der Waals surface area contributed by atoms with E-state index in [1.54, 1.807) is 30.3 Å². The zero-order valence-corrected chi connectivity index (χ0v) is 17.9. The molecule has 0 spiro atoms. The molecule has 0 aliphatic heterocycles. The van der Waals surface area contributed by atoms with Crippen LogP contribution in [0.25, 0.3) is 10.8 Å². The number of methoxy groups -OCH3 is 2. The number of fused-ring (bicyclic) bond motifs is 1. The van der Waals surface area contributed by atoms with Gasteiger partial charge in [-0.2, -0.15) is 5.10 Å². The Hall–Kier alpha value is -3.39. The first kappa shape index (κ1) is 21.3. The lowest BCUT2D eigenvalue weighted by atomic mass is 10.1. The summed E-state index contributed by atoms with van der Waals surface area (Å²) < 4.78 is 16.2. The van der Waals surface area contributed by atoms with Crippen molar-refractivity contribution in [3.8, 4) is 11.5 Å². The van der Waals surface area contributed by atoms with E-state index in [1.165, 1.54) is 20.4 Å². The predicted molar refractivity (Wildman–Crippen MR) is 117 cm³/mol. The molecule has 0 radical (unpaired) electrons. The number of hydrazone groups is 1. The van der Waals surface area contributed by atoms with Gasteiger partial charge in [-0.1, -0.05) is 40.2 Å². The summed E-state index contributed by atoms with van der Waals surface area (Å²) in [5.41, 5.74) is 3.43. The molecule has 3 aromatic rings. The monoisotopic (exact) mass is 470 g/mol. The molecule has 154 valence electrons. The number of carbonyl (C=O) groups excluding carboxylic acids is 2. The molecule has 7 nitrogen and oxygen atoms in total. The number of nitrogens with zero attached hydrogens (tertiary/aromatic N) is 1. The first-order chi connectivity index (χ1) is 14.5. The first-order valence-electron chi connectivity index (χ1n) is 8.91. The van der Waals surface area contributed by atoms with Crippen molar-refractivity contribution >= 4 is 44.8 Å². The van der Waals surface area contributed by atoms with Gasteiger partial charge in [0.1, 0.15) is 11.5 Å². The van der Waals surface area contributed by atoms with Crippen molar-refractivity contribution in [1.29, 1.82) is 0 Å². The van der Waals surface area contributed by atoms with Gasteiger partial charge in [-0.25, -0.2) is 10.2 Å². The van der Waals surface area contributed by atoms with Crippen molar-refractivity contribution in [3.63, 3.8) is 0 Å². The van der Waals surface area contributed by atoms with E-state index in [0.29, 0.717) is 22.6 Å². The number of ether oxygens (including phenoxy) is 3. The van der Waals surface area contributed by atoms with E-state index in [0.717, 1.165) is 15.2 Å². The molecule has 1 N–H and O–H groups in total. The second kappa shape index (κ2) is 9.89. The van der Waals surface area contributed by atoms with Crippen LogP contribution in [0, 0.1) is 0 Å². The van der Waals surface area contributed by atoms with Crippen LogP contribution in [0.3, 0.4) is 0 Å². The molecule has 3 aromatic carbocycles. The molecule has 3 rings (SSSR count). The standard InChI is InChI=1S/C22H19BrN2O5/c1-28-20-11-15-6-4-3-5-14(15)10-18(20)22(27)25-24-12-16-9-17(23)7-8-19(16)30-13-21(26)29-2/h3-12H,13H2,1-2H3,(H,25,27). The Kier molecular flexibility index (Phi) is 7.03. The Balaban J connectivity index is 1.78. The zero-order chi connectivity index (χ0) is 21.5. The summed E-state index contributed by atoms with van der Waals surface area (Å²) in [7, 11) is 2.79. The van der Waals surface area contributed by atoms with E-state index in [-0.39, 0.29) is 6.61 Å². The third kappa shape index (κ3) is 5.15. The Morgan fingerprint density at radius 1 is 1.03 bits per heavy atom. The molecule has 0 fully saturated rings. The number of esters is 1. The fraction of sp³-hybridized carbons (Fsp3) is 0.136. The maximum Gasteiger partial charge on any atom is 0.343 e. The molecule has 0 bridgehead atoms. The topological polar surface area (TPSA) is 86.2 Å². The molecule has 1 amide bonds. The van der Waals surface area contributed by atoms with Crippen LogP contribution in [-0.2, 0) is 9.53 Å². The normalized spacial score (nSPS) is 10.8. The Bertz CT molecular complexity index is 1110. The second-order valence-corrected chi connectivity index (χ2v) is 7.06. The lowest BCUT2D eigenvalue weighted by Gasteiger charge is -2.10. The highest BCUT2D eigenvalue weighted by molar-refractivity contribution is 9.10. The molecular formula is C22H19BrN2O5. The maximum absolute atomic E-state index is 12.7. The highest BCUT2D eigenvalue weighted by Crippen LogP contribution is 2.26. The van der Waals surface area contributed by atoms with Crippen molar-refractivity contribution in [2.75, 3.05) is 20.8 Å². The van der Waals surface area contributed by atoms with E-state index >= 15 is 0 Å². The average Bonchev–Trinajstić information content (AvgIpc) is 2.77. The lowest BCUT2D eigenvalue weighted by Crippen LogP contribution is -2.18. The molecule has 0 saturated carbocycles. The Labute approximate surface area is 181 Å². The van der Waals surface area contributed by atoms with Gasteiger partial charge in [0.2, 0.25) is 0 Å².